The molecular formula is C18H16F3N3O2S2. The second kappa shape index (κ2) is 7.96. The molecular weight excluding hydrogens is 411 g/mol. The number of aromatic nitrogens is 2. The Bertz CT molecular complexity index is 1130. The smallest absolute Gasteiger partial charge is 0.259 e. The fourth-order valence-electron chi connectivity index (χ4n) is 2.50. The number of rotatable bonds is 5. The number of benzene rings is 1. The molecule has 10 heteroatoms. The van der Waals surface area contributed by atoms with Crippen molar-refractivity contribution in [3.8, 4) is 0 Å². The average molecular weight is 427 g/mol. The molecule has 2 aromatic heterocycles. The molecule has 0 radical (unpaired) electrons. The summed E-state index contributed by atoms with van der Waals surface area (Å²) in [5.41, 5.74) is 0.228. The molecule has 0 saturated heterocycles. The molecule has 5 nitrogen and oxygen atoms in total. The Morgan fingerprint density at radius 2 is 2.00 bits per heavy atom. The molecule has 0 aliphatic carbocycles. The van der Waals surface area contributed by atoms with Gasteiger partial charge in [-0.15, -0.1) is 23.1 Å². The van der Waals surface area contributed by atoms with Crippen molar-refractivity contribution in [2.75, 3.05) is 5.32 Å². The monoisotopic (exact) mass is 427 g/mol. The van der Waals surface area contributed by atoms with Crippen LogP contribution in [0, 0.1) is 31.3 Å². The lowest BCUT2D eigenvalue weighted by Gasteiger charge is -2.12. The van der Waals surface area contributed by atoms with Crippen LogP contribution in [0.15, 0.2) is 16.9 Å². The minimum absolute atomic E-state index is 0.233. The van der Waals surface area contributed by atoms with Crippen molar-refractivity contribution in [1.29, 1.82) is 0 Å². The van der Waals surface area contributed by atoms with Crippen LogP contribution in [0.1, 0.15) is 23.2 Å². The quantitative estimate of drug-likeness (QED) is 0.596. The number of nitrogens with one attached hydrogen (secondary N) is 2. The van der Waals surface area contributed by atoms with Crippen LogP contribution in [0.5, 0.6) is 0 Å². The lowest BCUT2D eigenvalue weighted by atomic mass is 10.2. The predicted molar refractivity (Wildman–Crippen MR) is 105 cm³/mol. The van der Waals surface area contributed by atoms with E-state index in [1.807, 2.05) is 13.8 Å². The Hall–Kier alpha value is -2.33. The Morgan fingerprint density at radius 1 is 1.29 bits per heavy atom. The van der Waals surface area contributed by atoms with E-state index < -0.39 is 34.3 Å². The lowest BCUT2D eigenvalue weighted by Crippen LogP contribution is -2.24. The van der Waals surface area contributed by atoms with E-state index in [0.29, 0.717) is 16.0 Å². The van der Waals surface area contributed by atoms with Crippen molar-refractivity contribution >= 4 is 44.9 Å². The molecule has 28 heavy (non-hydrogen) atoms. The predicted octanol–water partition coefficient (Wildman–Crippen LogP) is 4.28. The number of halogens is 3. The topological polar surface area (TPSA) is 74.8 Å². The number of hydrogen-bond acceptors (Lipinski definition) is 5. The first-order valence-electron chi connectivity index (χ1n) is 8.24. The van der Waals surface area contributed by atoms with Crippen LogP contribution >= 0.6 is 23.1 Å². The summed E-state index contributed by atoms with van der Waals surface area (Å²) in [6, 6.07) is 1.69. The van der Waals surface area contributed by atoms with Gasteiger partial charge >= 0.3 is 0 Å². The standard InChI is InChI=1S/C18H16F3N3O2S2/c1-7-8(2)28-18-13(7)17(26)23-12(24-18)6-27-9(3)16(25)22-11-5-4-10(19)14(20)15(11)21/h4-5,9H,6H2,1-3H3,(H,22,25)(H,23,24,26)/t9-/m0/s1. The van der Waals surface area contributed by atoms with Gasteiger partial charge in [-0.05, 0) is 38.5 Å². The van der Waals surface area contributed by atoms with E-state index in [2.05, 4.69) is 15.3 Å². The third kappa shape index (κ3) is 3.93. The zero-order valence-corrected chi connectivity index (χ0v) is 16.8. The van der Waals surface area contributed by atoms with Crippen LogP contribution in [0.3, 0.4) is 0 Å². The van der Waals surface area contributed by atoms with Crippen molar-refractivity contribution in [3.05, 3.63) is 56.2 Å². The number of carbonyl (C=O) groups is 1. The summed E-state index contributed by atoms with van der Waals surface area (Å²) in [5.74, 6) is -4.35. The molecule has 0 bridgehead atoms. The minimum Gasteiger partial charge on any atom is -0.323 e. The van der Waals surface area contributed by atoms with Crippen LogP contribution in [-0.2, 0) is 10.5 Å². The molecule has 1 atom stereocenters. The van der Waals surface area contributed by atoms with Gasteiger partial charge in [0.1, 0.15) is 10.7 Å². The first-order chi connectivity index (χ1) is 13.2. The van der Waals surface area contributed by atoms with Crippen molar-refractivity contribution in [2.24, 2.45) is 0 Å². The highest BCUT2D eigenvalue weighted by Gasteiger charge is 2.20. The fourth-order valence-corrected chi connectivity index (χ4v) is 4.31. The number of aromatic amines is 1. The molecule has 0 spiro atoms. The third-order valence-electron chi connectivity index (χ3n) is 4.22. The summed E-state index contributed by atoms with van der Waals surface area (Å²) in [7, 11) is 0. The van der Waals surface area contributed by atoms with Crippen LogP contribution in [-0.4, -0.2) is 21.1 Å². The van der Waals surface area contributed by atoms with E-state index in [0.717, 1.165) is 22.6 Å². The SMILES string of the molecule is Cc1sc2nc(CS[C@@H](C)C(=O)Nc3ccc(F)c(F)c3F)[nH]c(=O)c2c1C. The number of hydrogen-bond donors (Lipinski definition) is 2. The van der Waals surface area contributed by atoms with E-state index >= 15 is 0 Å². The second-order valence-electron chi connectivity index (χ2n) is 6.14. The molecule has 2 heterocycles. The highest BCUT2D eigenvalue weighted by atomic mass is 32.2. The normalized spacial score (nSPS) is 12.4. The van der Waals surface area contributed by atoms with Gasteiger partial charge in [0.05, 0.1) is 22.1 Å². The highest BCUT2D eigenvalue weighted by molar-refractivity contribution is 7.99. The third-order valence-corrected chi connectivity index (χ3v) is 6.48. The zero-order valence-electron chi connectivity index (χ0n) is 15.2. The largest absolute Gasteiger partial charge is 0.323 e. The molecule has 0 aliphatic heterocycles. The Kier molecular flexibility index (Phi) is 5.80. The first-order valence-corrected chi connectivity index (χ1v) is 10.1. The number of amides is 1. The molecule has 3 rings (SSSR count). The summed E-state index contributed by atoms with van der Waals surface area (Å²) in [4.78, 5) is 33.3. The molecule has 2 N–H and O–H groups in total. The maximum atomic E-state index is 13.7. The molecule has 148 valence electrons. The molecule has 0 saturated carbocycles. The first kappa shape index (κ1) is 20.4. The van der Waals surface area contributed by atoms with Gasteiger partial charge < -0.3 is 10.3 Å². The number of carbonyl (C=O) groups excluding carboxylic acids is 1. The van der Waals surface area contributed by atoms with Gasteiger partial charge in [0, 0.05) is 4.88 Å². The van der Waals surface area contributed by atoms with Crippen molar-refractivity contribution in [3.63, 3.8) is 0 Å². The maximum Gasteiger partial charge on any atom is 0.259 e. The van der Waals surface area contributed by atoms with E-state index in [4.69, 9.17) is 0 Å². The number of fused-ring (bicyclic) bond motifs is 1. The number of H-pyrrole nitrogens is 1. The molecule has 1 aromatic carbocycles. The van der Waals surface area contributed by atoms with E-state index in [-0.39, 0.29) is 11.3 Å². The lowest BCUT2D eigenvalue weighted by molar-refractivity contribution is -0.115. The average Bonchev–Trinajstić information content (AvgIpc) is 2.94. The van der Waals surface area contributed by atoms with Gasteiger partial charge in [-0.25, -0.2) is 18.2 Å². The highest BCUT2D eigenvalue weighted by Crippen LogP contribution is 2.27. The summed E-state index contributed by atoms with van der Waals surface area (Å²) in [5, 5.41) is 2.15. The van der Waals surface area contributed by atoms with Gasteiger partial charge in [-0.1, -0.05) is 0 Å². The van der Waals surface area contributed by atoms with Crippen molar-refractivity contribution < 1.29 is 18.0 Å². The van der Waals surface area contributed by atoms with Gasteiger partial charge in [0.2, 0.25) is 5.91 Å². The van der Waals surface area contributed by atoms with Crippen molar-refractivity contribution in [2.45, 2.75) is 31.8 Å². The number of aryl methyl sites for hydroxylation is 2. The van der Waals surface area contributed by atoms with E-state index in [1.165, 1.54) is 23.1 Å². The van der Waals surface area contributed by atoms with Crippen LogP contribution < -0.4 is 10.9 Å². The van der Waals surface area contributed by atoms with Crippen molar-refractivity contribution in [1.82, 2.24) is 9.97 Å². The van der Waals surface area contributed by atoms with Crippen LogP contribution in [0.2, 0.25) is 0 Å². The maximum absolute atomic E-state index is 13.7. The van der Waals surface area contributed by atoms with Gasteiger partial charge in [0.25, 0.3) is 5.56 Å². The fraction of sp³-hybridized carbons (Fsp3) is 0.278. The molecule has 1 amide bonds. The molecule has 3 aromatic rings. The summed E-state index contributed by atoms with van der Waals surface area (Å²) in [6.45, 7) is 5.36. The molecule has 0 fully saturated rings. The van der Waals surface area contributed by atoms with Crippen LogP contribution in [0.4, 0.5) is 18.9 Å². The number of nitrogens with zero attached hydrogens (tertiary/aromatic N) is 1. The molecule has 0 aliphatic rings. The summed E-state index contributed by atoms with van der Waals surface area (Å²) in [6.07, 6.45) is 0. The van der Waals surface area contributed by atoms with E-state index in [9.17, 15) is 22.8 Å². The van der Waals surface area contributed by atoms with Crippen LogP contribution in [0.25, 0.3) is 10.2 Å². The Balaban J connectivity index is 1.69. The molecule has 0 unspecified atom stereocenters. The second-order valence-corrected chi connectivity index (χ2v) is 8.67. The van der Waals surface area contributed by atoms with Gasteiger partial charge in [-0.3, -0.25) is 9.59 Å². The Morgan fingerprint density at radius 3 is 2.71 bits per heavy atom. The minimum atomic E-state index is -1.64. The van der Waals surface area contributed by atoms with E-state index in [1.54, 1.807) is 6.92 Å². The summed E-state index contributed by atoms with van der Waals surface area (Å²) < 4.78 is 39.9. The van der Waals surface area contributed by atoms with Gasteiger partial charge in [-0.2, -0.15) is 0 Å². The number of thioether (sulfide) groups is 1. The number of thiophene rings is 1. The number of anilines is 1. The zero-order chi connectivity index (χ0) is 20.6. The van der Waals surface area contributed by atoms with Gasteiger partial charge in [0.15, 0.2) is 17.5 Å². The Labute approximate surface area is 166 Å². The summed E-state index contributed by atoms with van der Waals surface area (Å²) >= 11 is 2.59.